The van der Waals surface area contributed by atoms with Crippen molar-refractivity contribution in [2.75, 3.05) is 6.61 Å². The molecule has 5 nitrogen and oxygen atoms in total. The molecule has 0 rings (SSSR count). The molecular formula is C3H8N2O3. The molecule has 0 aliphatic carbocycles. The summed E-state index contributed by atoms with van der Waals surface area (Å²) in [5.41, 5.74) is 4.92. The molecular weight excluding hydrogens is 112 g/mol. The second kappa shape index (κ2) is 3.36. The van der Waals surface area contributed by atoms with E-state index < -0.39 is 18.6 Å². The molecule has 0 bridgehead atoms. The SMILES string of the molecule is NOC(=O)[C@@H](N)CO. The van der Waals surface area contributed by atoms with E-state index in [0.717, 1.165) is 0 Å². The number of hydrogen-bond donors (Lipinski definition) is 3. The number of rotatable bonds is 2. The molecule has 0 aliphatic heterocycles. The van der Waals surface area contributed by atoms with E-state index in [-0.39, 0.29) is 0 Å². The minimum Gasteiger partial charge on any atom is -0.394 e. The number of aliphatic hydroxyl groups excluding tert-OH is 1. The molecule has 0 fully saturated rings. The lowest BCUT2D eigenvalue weighted by atomic mass is 10.3. The molecule has 0 aromatic heterocycles. The molecule has 5 heteroatoms. The monoisotopic (exact) mass is 120 g/mol. The number of aliphatic hydroxyl groups is 1. The zero-order valence-electron chi connectivity index (χ0n) is 4.20. The maximum Gasteiger partial charge on any atom is 0.343 e. The summed E-state index contributed by atoms with van der Waals surface area (Å²) in [6, 6.07) is -1.01. The molecule has 0 unspecified atom stereocenters. The summed E-state index contributed by atoms with van der Waals surface area (Å²) in [6.45, 7) is -0.448. The summed E-state index contributed by atoms with van der Waals surface area (Å²) < 4.78 is 0. The number of nitrogens with two attached hydrogens (primary N) is 2. The van der Waals surface area contributed by atoms with Gasteiger partial charge >= 0.3 is 5.97 Å². The van der Waals surface area contributed by atoms with Gasteiger partial charge in [-0.1, -0.05) is 0 Å². The molecule has 0 amide bonds. The Balaban J connectivity index is 3.46. The van der Waals surface area contributed by atoms with Gasteiger partial charge in [-0.3, -0.25) is 0 Å². The molecule has 0 aliphatic rings. The fraction of sp³-hybridized carbons (Fsp3) is 0.667. The highest BCUT2D eigenvalue weighted by Crippen LogP contribution is 1.76. The molecule has 5 N–H and O–H groups in total. The van der Waals surface area contributed by atoms with Gasteiger partial charge in [0.25, 0.3) is 0 Å². The van der Waals surface area contributed by atoms with Crippen molar-refractivity contribution in [1.29, 1.82) is 0 Å². The topological polar surface area (TPSA) is 98.6 Å². The molecule has 0 aromatic rings. The summed E-state index contributed by atoms with van der Waals surface area (Å²) in [5.74, 6) is 3.60. The largest absolute Gasteiger partial charge is 0.394 e. The van der Waals surface area contributed by atoms with Gasteiger partial charge in [0, 0.05) is 0 Å². The van der Waals surface area contributed by atoms with Gasteiger partial charge < -0.3 is 15.7 Å². The van der Waals surface area contributed by atoms with E-state index in [0.29, 0.717) is 0 Å². The maximum atomic E-state index is 10.1. The van der Waals surface area contributed by atoms with Crippen LogP contribution in [0.15, 0.2) is 0 Å². The fourth-order valence-corrected chi connectivity index (χ4v) is 0.162. The van der Waals surface area contributed by atoms with Gasteiger partial charge in [0.15, 0.2) is 0 Å². The van der Waals surface area contributed by atoms with Crippen molar-refractivity contribution >= 4 is 5.97 Å². The third kappa shape index (κ3) is 1.87. The smallest absolute Gasteiger partial charge is 0.343 e. The van der Waals surface area contributed by atoms with Crippen LogP contribution in [-0.2, 0) is 9.63 Å². The van der Waals surface area contributed by atoms with Gasteiger partial charge in [-0.25, -0.2) is 4.79 Å². The Kier molecular flexibility index (Phi) is 3.09. The number of hydrogen-bond acceptors (Lipinski definition) is 5. The normalized spacial score (nSPS) is 12.9. The summed E-state index contributed by atoms with van der Waals surface area (Å²) in [6.07, 6.45) is 0. The summed E-state index contributed by atoms with van der Waals surface area (Å²) in [4.78, 5) is 13.8. The first-order valence-corrected chi connectivity index (χ1v) is 1.99. The predicted octanol–water partition coefficient (Wildman–Crippen LogP) is -2.28. The van der Waals surface area contributed by atoms with Crippen LogP contribution in [0.4, 0.5) is 0 Å². The zero-order valence-corrected chi connectivity index (χ0v) is 4.20. The van der Waals surface area contributed by atoms with Crippen molar-refractivity contribution in [1.82, 2.24) is 0 Å². The van der Waals surface area contributed by atoms with Crippen LogP contribution in [0.1, 0.15) is 0 Å². The lowest BCUT2D eigenvalue weighted by Gasteiger charge is -2.01. The van der Waals surface area contributed by atoms with Crippen LogP contribution < -0.4 is 11.6 Å². The number of carbonyl (C=O) groups excluding carboxylic acids is 1. The van der Waals surface area contributed by atoms with Crippen molar-refractivity contribution in [3.8, 4) is 0 Å². The highest BCUT2D eigenvalue weighted by Gasteiger charge is 2.11. The Morgan fingerprint density at radius 2 is 2.38 bits per heavy atom. The predicted molar refractivity (Wildman–Crippen MR) is 25.3 cm³/mol. The average Bonchev–Trinajstić information content (AvgIpc) is 1.84. The van der Waals surface area contributed by atoms with Gasteiger partial charge in [-0.2, -0.15) is 5.90 Å². The third-order valence-corrected chi connectivity index (χ3v) is 0.616. The van der Waals surface area contributed by atoms with Crippen LogP contribution in [0, 0.1) is 0 Å². The molecule has 0 saturated carbocycles. The van der Waals surface area contributed by atoms with Crippen LogP contribution in [0.3, 0.4) is 0 Å². The van der Waals surface area contributed by atoms with Crippen molar-refractivity contribution in [2.45, 2.75) is 6.04 Å². The Labute approximate surface area is 46.2 Å². The van der Waals surface area contributed by atoms with Gasteiger partial charge in [0.2, 0.25) is 0 Å². The van der Waals surface area contributed by atoms with Crippen LogP contribution in [0.5, 0.6) is 0 Å². The van der Waals surface area contributed by atoms with Gasteiger partial charge in [0.05, 0.1) is 6.61 Å². The average molecular weight is 120 g/mol. The fourth-order valence-electron chi connectivity index (χ4n) is 0.162. The minimum absolute atomic E-state index is 0.448. The first-order valence-electron chi connectivity index (χ1n) is 1.99. The second-order valence-corrected chi connectivity index (χ2v) is 1.23. The van der Waals surface area contributed by atoms with Crippen molar-refractivity contribution in [3.05, 3.63) is 0 Å². The van der Waals surface area contributed by atoms with Gasteiger partial charge in [0.1, 0.15) is 6.04 Å². The standard InChI is InChI=1S/C3H8N2O3/c4-2(1-6)3(7)8-5/h2,6H,1,4-5H2/t2-/m0/s1. The molecule has 0 aromatic carbocycles. The summed E-state index contributed by atoms with van der Waals surface area (Å²) >= 11 is 0. The van der Waals surface area contributed by atoms with E-state index in [1.165, 1.54) is 0 Å². The Hall–Kier alpha value is -0.650. The van der Waals surface area contributed by atoms with Gasteiger partial charge in [-0.05, 0) is 0 Å². The Morgan fingerprint density at radius 1 is 1.88 bits per heavy atom. The minimum atomic E-state index is -1.01. The highest BCUT2D eigenvalue weighted by molar-refractivity contribution is 5.75. The third-order valence-electron chi connectivity index (χ3n) is 0.616. The molecule has 1 atom stereocenters. The lowest BCUT2D eigenvalue weighted by Crippen LogP contribution is -2.36. The molecule has 0 spiro atoms. The van der Waals surface area contributed by atoms with Crippen LogP contribution in [0.2, 0.25) is 0 Å². The second-order valence-electron chi connectivity index (χ2n) is 1.23. The molecule has 48 valence electrons. The van der Waals surface area contributed by atoms with Gasteiger partial charge in [-0.15, -0.1) is 0 Å². The maximum absolute atomic E-state index is 10.1. The zero-order chi connectivity index (χ0) is 6.57. The summed E-state index contributed by atoms with van der Waals surface area (Å²) in [7, 11) is 0. The van der Waals surface area contributed by atoms with Crippen LogP contribution in [-0.4, -0.2) is 23.7 Å². The first kappa shape index (κ1) is 7.35. The van der Waals surface area contributed by atoms with Crippen molar-refractivity contribution < 1.29 is 14.7 Å². The van der Waals surface area contributed by atoms with Crippen LogP contribution in [0.25, 0.3) is 0 Å². The Bertz CT molecular complexity index is 84.6. The number of carbonyl (C=O) groups is 1. The molecule has 0 heterocycles. The van der Waals surface area contributed by atoms with E-state index >= 15 is 0 Å². The van der Waals surface area contributed by atoms with E-state index in [1.807, 2.05) is 0 Å². The Morgan fingerprint density at radius 3 is 2.50 bits per heavy atom. The van der Waals surface area contributed by atoms with E-state index in [2.05, 4.69) is 10.7 Å². The summed E-state index contributed by atoms with van der Waals surface area (Å²) in [5, 5.41) is 8.15. The van der Waals surface area contributed by atoms with Crippen molar-refractivity contribution in [2.24, 2.45) is 11.6 Å². The molecule has 0 radical (unpaired) electrons. The van der Waals surface area contributed by atoms with Crippen molar-refractivity contribution in [3.63, 3.8) is 0 Å². The lowest BCUT2D eigenvalue weighted by molar-refractivity contribution is -0.146. The van der Waals surface area contributed by atoms with E-state index in [1.54, 1.807) is 0 Å². The van der Waals surface area contributed by atoms with E-state index in [9.17, 15) is 4.79 Å². The molecule has 8 heavy (non-hydrogen) atoms. The first-order chi connectivity index (χ1) is 3.72. The van der Waals surface area contributed by atoms with E-state index in [4.69, 9.17) is 10.8 Å². The highest BCUT2D eigenvalue weighted by atomic mass is 16.7. The molecule has 0 saturated heterocycles. The quantitative estimate of drug-likeness (QED) is 0.357. The van der Waals surface area contributed by atoms with Crippen LogP contribution >= 0.6 is 0 Å².